The lowest BCUT2D eigenvalue weighted by atomic mass is 9.86. The molecule has 3 spiro atoms. The van der Waals surface area contributed by atoms with Gasteiger partial charge in [0.15, 0.2) is 71.3 Å². The molecule has 0 fully saturated rings. The van der Waals surface area contributed by atoms with E-state index in [-0.39, 0.29) is 21.7 Å². The molecular weight excluding hydrogens is 1440 g/mol. The van der Waals surface area contributed by atoms with Crippen LogP contribution in [0.3, 0.4) is 0 Å². The van der Waals surface area contributed by atoms with Gasteiger partial charge in [0.25, 0.3) is 0 Å². The van der Waals surface area contributed by atoms with Gasteiger partial charge in [0, 0.05) is 78.2 Å². The molecule has 6 aliphatic heterocycles. The molecule has 3 aromatic carbocycles. The molecule has 112 heavy (non-hydrogen) atoms. The van der Waals surface area contributed by atoms with Crippen molar-refractivity contribution in [1.82, 2.24) is 58.7 Å². The Hall–Kier alpha value is -12.0. The summed E-state index contributed by atoms with van der Waals surface area (Å²) in [5.41, 5.74) is 11.9. The van der Waals surface area contributed by atoms with E-state index < -0.39 is 53.3 Å². The van der Waals surface area contributed by atoms with Crippen molar-refractivity contribution in [2.75, 3.05) is 0 Å². The third-order valence-electron chi connectivity index (χ3n) is 22.6. The van der Waals surface area contributed by atoms with Crippen LogP contribution < -0.4 is 27.4 Å². The van der Waals surface area contributed by atoms with Crippen LogP contribution in [0.4, 0.5) is 39.5 Å². The summed E-state index contributed by atoms with van der Waals surface area (Å²) in [5, 5.41) is 32.5. The summed E-state index contributed by atoms with van der Waals surface area (Å²) in [6.07, 6.45) is -2.19. The van der Waals surface area contributed by atoms with Gasteiger partial charge in [-0.15, -0.1) is 28.1 Å². The number of nitrogens with zero attached hydrogens (tertiary/aromatic N) is 18. The Balaban J connectivity index is 0.000000113. The summed E-state index contributed by atoms with van der Waals surface area (Å²) >= 11 is 0. The predicted molar refractivity (Wildman–Crippen MR) is 396 cm³/mol. The average molecular weight is 1520 g/mol. The lowest BCUT2D eigenvalue weighted by molar-refractivity contribution is -0.990. The van der Waals surface area contributed by atoms with Gasteiger partial charge < -0.3 is 0 Å². The van der Waals surface area contributed by atoms with Crippen LogP contribution in [-0.2, 0) is 57.9 Å². The lowest BCUT2D eigenvalue weighted by Crippen LogP contribution is -2.77. The van der Waals surface area contributed by atoms with Crippen LogP contribution in [0.2, 0.25) is 0 Å². The largest absolute Gasteiger partial charge is 0.583 e. The van der Waals surface area contributed by atoms with E-state index in [0.717, 1.165) is 124 Å². The van der Waals surface area contributed by atoms with Crippen LogP contribution in [0.15, 0.2) is 195 Å². The first-order valence-electron chi connectivity index (χ1n) is 37.0. The van der Waals surface area contributed by atoms with Crippen LogP contribution in [0, 0.1) is 20.8 Å². The molecule has 3 atom stereocenters. The Morgan fingerprint density at radius 2 is 0.607 bits per heavy atom. The number of benzene rings is 3. The molecule has 6 aliphatic rings. The fourth-order valence-corrected chi connectivity index (χ4v) is 17.3. The Kier molecular flexibility index (Phi) is 14.1. The third kappa shape index (κ3) is 9.59. The number of aryl methyl sites for hydroxylation is 3. The number of aromatic nitrogens is 18. The van der Waals surface area contributed by atoms with Gasteiger partial charge >= 0.3 is 36.3 Å². The Labute approximate surface area is 636 Å². The van der Waals surface area contributed by atoms with Gasteiger partial charge in [0.2, 0.25) is 34.2 Å². The van der Waals surface area contributed by atoms with E-state index in [0.29, 0.717) is 34.2 Å². The summed E-state index contributed by atoms with van der Waals surface area (Å²) in [6, 6.07) is 49.6. The molecule has 12 aromatic heterocycles. The van der Waals surface area contributed by atoms with Gasteiger partial charge in [-0.1, -0.05) is 147 Å². The molecule has 21 rings (SSSR count). The summed E-state index contributed by atoms with van der Waals surface area (Å²) in [6.45, 7) is 31.4. The summed E-state index contributed by atoms with van der Waals surface area (Å²) in [7, 11) is 0. The quantitative estimate of drug-likeness (QED) is 0.110. The van der Waals surface area contributed by atoms with E-state index >= 15 is 0 Å². The highest BCUT2D eigenvalue weighted by Crippen LogP contribution is 2.48. The van der Waals surface area contributed by atoms with Gasteiger partial charge in [-0.25, -0.2) is 0 Å². The fraction of sp³-hybridized carbons (Fsp3) is 0.294. The van der Waals surface area contributed by atoms with E-state index in [2.05, 4.69) is 147 Å². The molecule has 564 valence electrons. The molecule has 0 N–H and O–H groups in total. The summed E-state index contributed by atoms with van der Waals surface area (Å²) in [4.78, 5) is 0. The number of halogens is 9. The van der Waals surface area contributed by atoms with Crippen LogP contribution in [0.1, 0.15) is 140 Å². The predicted octanol–water partition coefficient (Wildman–Crippen LogP) is 15.1. The molecule has 27 heteroatoms. The van der Waals surface area contributed by atoms with Crippen molar-refractivity contribution in [3.8, 4) is 68.3 Å². The molecule has 18 nitrogen and oxygen atoms in total. The maximum atomic E-state index is 14.2. The average Bonchev–Trinajstić information content (AvgIpc) is 1.52. The number of rotatable bonds is 0. The van der Waals surface area contributed by atoms with Crippen molar-refractivity contribution in [2.24, 2.45) is 0 Å². The molecule has 0 saturated heterocycles. The number of hydrogen-bond donors (Lipinski definition) is 0. The van der Waals surface area contributed by atoms with Gasteiger partial charge in [-0.05, 0) is 129 Å². The minimum atomic E-state index is -4.60. The molecule has 3 unspecified atom stereocenters. The molecule has 0 aliphatic carbocycles. The zero-order valence-corrected chi connectivity index (χ0v) is 63.9. The highest BCUT2D eigenvalue weighted by molar-refractivity contribution is 5.95. The van der Waals surface area contributed by atoms with Crippen molar-refractivity contribution in [1.29, 1.82) is 0 Å². The minimum Gasteiger partial charge on any atom is -0.164 e. The van der Waals surface area contributed by atoms with E-state index in [1.54, 1.807) is 9.36 Å². The van der Waals surface area contributed by atoms with Crippen LogP contribution in [-0.4, -0.2) is 58.7 Å². The standard InChI is InChI=1S/C31H31F3N6.2C27H23F3N6/c1-18-14-24-23-16-21(29(5,6)7)11-13-37(23)31(39(24)35-18)38-12-10-19-15-20(28(2,3)4)8-9-22(19)27(38)25-17-26(30(32,33)34)36-40(25)31;1-16-13-21-20-7-5-6-11-33(20)27(35(21)31-16)34-12-10-17-14-18(25(2,3)4)8-9-19(17)24(34)22-15-23(26(28,29)30)32-36(22)27;1-16-11-22-20-7-5-6-10-33(20)27(35(22)31-16)34-15-17-8-9-19(25(2,3)4)12-18(17)13-21(34)23-14-24(26(28,29)30)32-36(23)27/h8-17H,1-7H3;2*5-15H,1-4H3/q3*+2. The normalized spacial score (nSPS) is 17.9. The summed E-state index contributed by atoms with van der Waals surface area (Å²) < 4.78 is 148. The van der Waals surface area contributed by atoms with E-state index in [1.807, 2.05) is 181 Å². The molecule has 0 bridgehead atoms. The maximum Gasteiger partial charge on any atom is 0.583 e. The first-order valence-corrected chi connectivity index (χ1v) is 37.0. The first kappa shape index (κ1) is 70.4. The SMILES string of the molecule is Cc1cc2n(n1)C1(n3nc(C(F)(F)F)cc3-c3c4ccc(C(C)(C)C)cc4cc[n+]31)[n+]1ccc(C(C)(C)C)cc1-2.Cc1cc2n(n1)C1(n3nc(C(F)(F)F)cc3-c3c4ccc(C(C)(C)C)cc4cc[n+]31)[n+]1ccccc1-2.Cc1cc2n(n1)C1(n3nc(C(F)(F)F)cc3-c3cc4cc(C(C)(C)C)ccc4c[n+]31)[n+]1ccccc1-2. The van der Waals surface area contributed by atoms with E-state index in [9.17, 15) is 39.5 Å². The molecule has 15 aromatic rings. The maximum absolute atomic E-state index is 14.2. The minimum absolute atomic E-state index is 0.0610. The first-order chi connectivity index (χ1) is 52.6. The van der Waals surface area contributed by atoms with Crippen molar-refractivity contribution in [2.45, 2.75) is 162 Å². The Bertz CT molecular complexity index is 6490. The van der Waals surface area contributed by atoms with Crippen molar-refractivity contribution < 1.29 is 66.9 Å². The molecule has 0 amide bonds. The number of alkyl halides is 9. The highest BCUT2D eigenvalue weighted by atomic mass is 19.4. The van der Waals surface area contributed by atoms with Crippen molar-refractivity contribution >= 4 is 32.3 Å². The topological polar surface area (TPSA) is 130 Å². The number of pyridine rings is 6. The molecule has 0 saturated carbocycles. The Morgan fingerprint density at radius 3 is 1.03 bits per heavy atom. The van der Waals surface area contributed by atoms with Gasteiger partial charge in [-0.3, -0.25) is 0 Å². The third-order valence-corrected chi connectivity index (χ3v) is 22.6. The van der Waals surface area contributed by atoms with Gasteiger partial charge in [0.1, 0.15) is 17.1 Å². The van der Waals surface area contributed by atoms with Gasteiger partial charge in [-0.2, -0.15) is 70.1 Å². The monoisotopic (exact) mass is 1520 g/mol. The second-order valence-electron chi connectivity index (χ2n) is 34.1. The zero-order chi connectivity index (χ0) is 79.0. The number of hydrogen-bond acceptors (Lipinski definition) is 6. The molecular formula is C85H77F9N18+6. The van der Waals surface area contributed by atoms with E-state index in [4.69, 9.17) is 15.3 Å². The smallest absolute Gasteiger partial charge is 0.164 e. The van der Waals surface area contributed by atoms with Crippen LogP contribution >= 0.6 is 0 Å². The van der Waals surface area contributed by atoms with Crippen molar-refractivity contribution in [3.05, 3.63) is 251 Å². The molecule has 0 radical (unpaired) electrons. The van der Waals surface area contributed by atoms with Crippen LogP contribution in [0.25, 0.3) is 101 Å². The highest BCUT2D eigenvalue weighted by Gasteiger charge is 2.74. The second kappa shape index (κ2) is 22.4. The van der Waals surface area contributed by atoms with Gasteiger partial charge in [0.05, 0.1) is 27.9 Å². The Morgan fingerprint density at radius 1 is 0.277 bits per heavy atom. The second-order valence-corrected chi connectivity index (χ2v) is 34.1. The molecule has 18 heterocycles. The number of fused-ring (bicyclic) bond motifs is 35. The zero-order valence-electron chi connectivity index (χ0n) is 63.9. The fourth-order valence-electron chi connectivity index (χ4n) is 17.3. The summed E-state index contributed by atoms with van der Waals surface area (Å²) in [5.74, 6) is -3.93. The lowest BCUT2D eigenvalue weighted by Gasteiger charge is -2.20. The van der Waals surface area contributed by atoms with Crippen LogP contribution in [0.5, 0.6) is 0 Å². The van der Waals surface area contributed by atoms with Crippen molar-refractivity contribution in [3.63, 3.8) is 0 Å². The van der Waals surface area contributed by atoms with E-state index in [1.165, 1.54) is 14.0 Å².